The molecule has 0 N–H and O–H groups in total. The lowest BCUT2D eigenvalue weighted by molar-refractivity contribution is -0.111. The number of allylic oxidation sites excluding steroid dienone is 4. The van der Waals surface area contributed by atoms with Crippen LogP contribution in [0.4, 0.5) is 0 Å². The van der Waals surface area contributed by atoms with Crippen LogP contribution in [0.5, 0.6) is 0 Å². The van der Waals surface area contributed by atoms with E-state index < -0.39 is 0 Å². The maximum Gasteiger partial charge on any atom is 0.180 e. The molecule has 0 fully saturated rings. The Hall–Kier alpha value is -0.850. The number of carbonyl (C=O) groups excluding carboxylic acids is 1. The summed E-state index contributed by atoms with van der Waals surface area (Å²) in [5.41, 5.74) is 0.981. The standard InChI is InChI=1S/C10H14O/c1-4-10(3)6-5-9(11)8(2)7-10/h5-7H,4H2,1-3H3. The quantitative estimate of drug-likeness (QED) is 0.561. The lowest BCUT2D eigenvalue weighted by Crippen LogP contribution is -2.15. The van der Waals surface area contributed by atoms with E-state index in [1.54, 1.807) is 6.08 Å². The van der Waals surface area contributed by atoms with Gasteiger partial charge >= 0.3 is 0 Å². The van der Waals surface area contributed by atoms with Crippen LogP contribution in [-0.2, 0) is 4.79 Å². The molecule has 0 bridgehead atoms. The van der Waals surface area contributed by atoms with Crippen molar-refractivity contribution in [3.8, 4) is 0 Å². The summed E-state index contributed by atoms with van der Waals surface area (Å²) in [5, 5.41) is 0. The number of hydrogen-bond acceptors (Lipinski definition) is 1. The number of hydrogen-bond donors (Lipinski definition) is 0. The molecule has 0 radical (unpaired) electrons. The SMILES string of the molecule is CCC1(C)C=CC(=O)C(C)=C1. The van der Waals surface area contributed by atoms with Crippen LogP contribution in [-0.4, -0.2) is 5.78 Å². The Labute approximate surface area is 67.8 Å². The van der Waals surface area contributed by atoms with Gasteiger partial charge in [-0.1, -0.05) is 26.0 Å². The highest BCUT2D eigenvalue weighted by Crippen LogP contribution is 2.29. The third kappa shape index (κ3) is 1.59. The summed E-state index contributed by atoms with van der Waals surface area (Å²) in [7, 11) is 0. The van der Waals surface area contributed by atoms with Crippen molar-refractivity contribution in [2.75, 3.05) is 0 Å². The molecule has 0 heterocycles. The molecule has 1 aliphatic carbocycles. The second-order valence-corrected chi connectivity index (χ2v) is 3.38. The summed E-state index contributed by atoms with van der Waals surface area (Å²) in [4.78, 5) is 11.0. The zero-order valence-electron chi connectivity index (χ0n) is 7.35. The van der Waals surface area contributed by atoms with Gasteiger partial charge in [0.25, 0.3) is 0 Å². The third-order valence-corrected chi connectivity index (χ3v) is 2.31. The predicted octanol–water partition coefficient (Wildman–Crippen LogP) is 2.49. The van der Waals surface area contributed by atoms with E-state index in [0.717, 1.165) is 12.0 Å². The molecule has 1 heteroatoms. The van der Waals surface area contributed by atoms with Crippen LogP contribution in [0, 0.1) is 5.41 Å². The summed E-state index contributed by atoms with van der Waals surface area (Å²) >= 11 is 0. The second kappa shape index (κ2) is 2.65. The van der Waals surface area contributed by atoms with Gasteiger partial charge < -0.3 is 0 Å². The normalized spacial score (nSPS) is 30.5. The van der Waals surface area contributed by atoms with Gasteiger partial charge in [0.05, 0.1) is 0 Å². The van der Waals surface area contributed by atoms with Gasteiger partial charge in [0.2, 0.25) is 0 Å². The van der Waals surface area contributed by atoms with Crippen LogP contribution in [0.3, 0.4) is 0 Å². The Morgan fingerprint density at radius 3 is 2.64 bits per heavy atom. The van der Waals surface area contributed by atoms with Gasteiger partial charge in [-0.05, 0) is 25.0 Å². The molecule has 0 aliphatic heterocycles. The zero-order valence-corrected chi connectivity index (χ0v) is 7.35. The number of carbonyl (C=O) groups is 1. The van der Waals surface area contributed by atoms with Crippen molar-refractivity contribution in [2.45, 2.75) is 27.2 Å². The molecule has 1 atom stereocenters. The molecule has 1 nitrogen and oxygen atoms in total. The highest BCUT2D eigenvalue weighted by atomic mass is 16.1. The van der Waals surface area contributed by atoms with Crippen molar-refractivity contribution in [1.82, 2.24) is 0 Å². The van der Waals surface area contributed by atoms with Crippen molar-refractivity contribution in [3.05, 3.63) is 23.8 Å². The molecule has 11 heavy (non-hydrogen) atoms. The molecule has 0 aromatic rings. The highest BCUT2D eigenvalue weighted by Gasteiger charge is 2.20. The number of rotatable bonds is 1. The summed E-state index contributed by atoms with van der Waals surface area (Å²) < 4.78 is 0. The molecule has 0 saturated heterocycles. The molecule has 1 aliphatic rings. The minimum absolute atomic E-state index is 0.109. The summed E-state index contributed by atoms with van der Waals surface area (Å²) in [6.45, 7) is 6.14. The van der Waals surface area contributed by atoms with Crippen LogP contribution in [0.2, 0.25) is 0 Å². The topological polar surface area (TPSA) is 17.1 Å². The Morgan fingerprint density at radius 1 is 1.55 bits per heavy atom. The minimum Gasteiger partial charge on any atom is -0.290 e. The Morgan fingerprint density at radius 2 is 2.18 bits per heavy atom. The van der Waals surface area contributed by atoms with Crippen LogP contribution in [0.1, 0.15) is 27.2 Å². The molecule has 0 spiro atoms. The Bertz CT molecular complexity index is 235. The van der Waals surface area contributed by atoms with Crippen molar-refractivity contribution in [2.24, 2.45) is 5.41 Å². The summed E-state index contributed by atoms with van der Waals surface area (Å²) in [5.74, 6) is 0.149. The largest absolute Gasteiger partial charge is 0.290 e. The number of ketones is 1. The first-order valence-electron chi connectivity index (χ1n) is 4.00. The maximum atomic E-state index is 11.0. The monoisotopic (exact) mass is 150 g/mol. The van der Waals surface area contributed by atoms with E-state index in [2.05, 4.69) is 19.9 Å². The van der Waals surface area contributed by atoms with E-state index >= 15 is 0 Å². The third-order valence-electron chi connectivity index (χ3n) is 2.31. The fourth-order valence-corrected chi connectivity index (χ4v) is 1.23. The average Bonchev–Trinajstić information content (AvgIpc) is 1.98. The first-order valence-corrected chi connectivity index (χ1v) is 4.00. The van der Waals surface area contributed by atoms with E-state index in [0.29, 0.717) is 0 Å². The van der Waals surface area contributed by atoms with Crippen LogP contribution >= 0.6 is 0 Å². The minimum atomic E-state index is 0.109. The van der Waals surface area contributed by atoms with Crippen molar-refractivity contribution in [3.63, 3.8) is 0 Å². The molecule has 0 amide bonds. The van der Waals surface area contributed by atoms with Crippen LogP contribution < -0.4 is 0 Å². The lowest BCUT2D eigenvalue weighted by Gasteiger charge is -2.23. The van der Waals surface area contributed by atoms with Crippen LogP contribution in [0.25, 0.3) is 0 Å². The molecule has 0 aromatic carbocycles. The Balaban J connectivity index is 2.93. The molecular formula is C10H14O. The van der Waals surface area contributed by atoms with Crippen molar-refractivity contribution < 1.29 is 4.79 Å². The predicted molar refractivity (Wildman–Crippen MR) is 46.3 cm³/mol. The van der Waals surface area contributed by atoms with E-state index in [4.69, 9.17) is 0 Å². The van der Waals surface area contributed by atoms with Gasteiger partial charge in [-0.25, -0.2) is 0 Å². The second-order valence-electron chi connectivity index (χ2n) is 3.38. The smallest absolute Gasteiger partial charge is 0.180 e. The summed E-state index contributed by atoms with van der Waals surface area (Å²) in [6, 6.07) is 0. The molecule has 60 valence electrons. The van der Waals surface area contributed by atoms with E-state index in [1.165, 1.54) is 0 Å². The fourth-order valence-electron chi connectivity index (χ4n) is 1.23. The first-order chi connectivity index (χ1) is 5.07. The fraction of sp³-hybridized carbons (Fsp3) is 0.500. The zero-order chi connectivity index (χ0) is 8.48. The van der Waals surface area contributed by atoms with Crippen molar-refractivity contribution in [1.29, 1.82) is 0 Å². The molecule has 1 rings (SSSR count). The lowest BCUT2D eigenvalue weighted by atomic mass is 9.81. The van der Waals surface area contributed by atoms with Gasteiger partial charge in [0, 0.05) is 5.41 Å². The van der Waals surface area contributed by atoms with Gasteiger partial charge in [-0.2, -0.15) is 0 Å². The molecule has 1 unspecified atom stereocenters. The maximum absolute atomic E-state index is 11.0. The van der Waals surface area contributed by atoms with E-state index in [-0.39, 0.29) is 11.2 Å². The van der Waals surface area contributed by atoms with Crippen molar-refractivity contribution >= 4 is 5.78 Å². The van der Waals surface area contributed by atoms with Gasteiger partial charge in [-0.3, -0.25) is 4.79 Å². The molecule has 0 saturated carbocycles. The Kier molecular flexibility index (Phi) is 1.99. The summed E-state index contributed by atoms with van der Waals surface area (Å²) in [6.07, 6.45) is 6.77. The molecular weight excluding hydrogens is 136 g/mol. The molecule has 0 aromatic heterocycles. The highest BCUT2D eigenvalue weighted by molar-refractivity contribution is 6.04. The average molecular weight is 150 g/mol. The van der Waals surface area contributed by atoms with Gasteiger partial charge in [0.1, 0.15) is 0 Å². The van der Waals surface area contributed by atoms with Gasteiger partial charge in [-0.15, -0.1) is 0 Å². The van der Waals surface area contributed by atoms with Crippen LogP contribution in [0.15, 0.2) is 23.8 Å². The van der Waals surface area contributed by atoms with E-state index in [1.807, 2.05) is 13.0 Å². The van der Waals surface area contributed by atoms with E-state index in [9.17, 15) is 4.79 Å². The van der Waals surface area contributed by atoms with Gasteiger partial charge in [0.15, 0.2) is 5.78 Å². The first kappa shape index (κ1) is 8.25.